The molecule has 37 heavy (non-hydrogen) atoms. The van der Waals surface area contributed by atoms with Gasteiger partial charge in [0.25, 0.3) is 5.56 Å². The fourth-order valence-electron chi connectivity index (χ4n) is 4.02. The quantitative estimate of drug-likeness (QED) is 0.378. The van der Waals surface area contributed by atoms with E-state index in [0.29, 0.717) is 29.5 Å². The van der Waals surface area contributed by atoms with E-state index in [1.807, 2.05) is 30.4 Å². The van der Waals surface area contributed by atoms with Crippen molar-refractivity contribution < 1.29 is 22.6 Å². The van der Waals surface area contributed by atoms with Crippen LogP contribution in [0.1, 0.15) is 43.0 Å². The van der Waals surface area contributed by atoms with Gasteiger partial charge >= 0.3 is 0 Å². The summed E-state index contributed by atoms with van der Waals surface area (Å²) in [5, 5.41) is 0. The Labute approximate surface area is 218 Å². The van der Waals surface area contributed by atoms with Crippen LogP contribution in [-0.2, 0) is 26.8 Å². The minimum Gasteiger partial charge on any atom is -0.496 e. The van der Waals surface area contributed by atoms with Crippen molar-refractivity contribution in [3.05, 3.63) is 75.1 Å². The molecule has 0 saturated heterocycles. The molecule has 0 spiro atoms. The number of ether oxygens (including phenoxy) is 3. The zero-order chi connectivity index (χ0) is 27.4. The highest BCUT2D eigenvalue weighted by Crippen LogP contribution is 2.38. The van der Waals surface area contributed by atoms with Gasteiger partial charge in [-0.15, -0.1) is 0 Å². The number of aromatic amines is 1. The van der Waals surface area contributed by atoms with Crippen molar-refractivity contribution in [2.75, 3.05) is 32.3 Å². The Bertz CT molecular complexity index is 1470. The summed E-state index contributed by atoms with van der Waals surface area (Å²) in [6.45, 7) is 6.56. The first-order valence-electron chi connectivity index (χ1n) is 11.6. The SMILES string of the molecule is COCc1cc(NS(C)(=O)=O)ccc1C=Cc1cc(-c2ccc(OC)[nH]c2=O)cc(C(C)(C)C)c1OC. The third-order valence-electron chi connectivity index (χ3n) is 5.73. The van der Waals surface area contributed by atoms with Crippen molar-refractivity contribution in [3.8, 4) is 22.8 Å². The van der Waals surface area contributed by atoms with E-state index >= 15 is 0 Å². The van der Waals surface area contributed by atoms with Gasteiger partial charge in [0.2, 0.25) is 10.0 Å². The molecule has 0 fully saturated rings. The number of aromatic nitrogens is 1. The van der Waals surface area contributed by atoms with Gasteiger partial charge in [0, 0.05) is 29.5 Å². The molecule has 0 saturated carbocycles. The minimum atomic E-state index is -3.41. The summed E-state index contributed by atoms with van der Waals surface area (Å²) in [5.41, 5.74) is 4.62. The lowest BCUT2D eigenvalue weighted by molar-refractivity contribution is 0.185. The van der Waals surface area contributed by atoms with Gasteiger partial charge in [-0.1, -0.05) is 39.0 Å². The molecule has 198 valence electrons. The van der Waals surface area contributed by atoms with Crippen LogP contribution in [0.4, 0.5) is 5.69 Å². The highest BCUT2D eigenvalue weighted by atomic mass is 32.2. The monoisotopic (exact) mass is 526 g/mol. The van der Waals surface area contributed by atoms with Crippen molar-refractivity contribution in [3.63, 3.8) is 0 Å². The number of hydrogen-bond acceptors (Lipinski definition) is 6. The summed E-state index contributed by atoms with van der Waals surface area (Å²) in [5.74, 6) is 1.10. The second-order valence-electron chi connectivity index (χ2n) is 9.72. The zero-order valence-electron chi connectivity index (χ0n) is 22.3. The van der Waals surface area contributed by atoms with Crippen LogP contribution in [0.3, 0.4) is 0 Å². The second kappa shape index (κ2) is 11.2. The normalized spacial score (nSPS) is 12.1. The van der Waals surface area contributed by atoms with Gasteiger partial charge in [-0.2, -0.15) is 0 Å². The van der Waals surface area contributed by atoms with E-state index in [0.717, 1.165) is 34.1 Å². The first-order valence-corrected chi connectivity index (χ1v) is 13.5. The number of benzene rings is 2. The average Bonchev–Trinajstić information content (AvgIpc) is 2.81. The maximum Gasteiger partial charge on any atom is 0.258 e. The van der Waals surface area contributed by atoms with Crippen LogP contribution in [0.25, 0.3) is 23.3 Å². The first kappa shape index (κ1) is 28.0. The number of anilines is 1. The second-order valence-corrected chi connectivity index (χ2v) is 11.5. The van der Waals surface area contributed by atoms with E-state index in [4.69, 9.17) is 14.2 Å². The number of H-pyrrole nitrogens is 1. The summed E-state index contributed by atoms with van der Waals surface area (Å²) < 4.78 is 42.1. The lowest BCUT2D eigenvalue weighted by Crippen LogP contribution is -2.15. The Morgan fingerprint density at radius 1 is 0.946 bits per heavy atom. The van der Waals surface area contributed by atoms with Gasteiger partial charge in [-0.25, -0.2) is 8.42 Å². The molecule has 0 aliphatic heterocycles. The molecule has 0 aliphatic rings. The molecule has 0 radical (unpaired) electrons. The molecule has 2 N–H and O–H groups in total. The maximum absolute atomic E-state index is 12.8. The van der Waals surface area contributed by atoms with Crippen molar-refractivity contribution in [1.29, 1.82) is 0 Å². The third-order valence-corrected chi connectivity index (χ3v) is 6.34. The first-order chi connectivity index (χ1) is 17.4. The molecule has 0 unspecified atom stereocenters. The van der Waals surface area contributed by atoms with Gasteiger partial charge in [0.1, 0.15) is 5.75 Å². The van der Waals surface area contributed by atoms with Gasteiger partial charge in [-0.05, 0) is 58.5 Å². The Morgan fingerprint density at radius 3 is 2.22 bits per heavy atom. The van der Waals surface area contributed by atoms with Gasteiger partial charge in [0.05, 0.1) is 27.1 Å². The fourth-order valence-corrected chi connectivity index (χ4v) is 4.58. The zero-order valence-corrected chi connectivity index (χ0v) is 23.1. The average molecular weight is 527 g/mol. The van der Waals surface area contributed by atoms with E-state index in [2.05, 4.69) is 30.5 Å². The molecular weight excluding hydrogens is 492 g/mol. The van der Waals surface area contributed by atoms with Crippen molar-refractivity contribution in [2.24, 2.45) is 0 Å². The predicted octanol–water partition coefficient (Wildman–Crippen LogP) is 5.04. The van der Waals surface area contributed by atoms with Gasteiger partial charge in [0.15, 0.2) is 5.88 Å². The van der Waals surface area contributed by atoms with Gasteiger partial charge < -0.3 is 14.2 Å². The van der Waals surface area contributed by atoms with E-state index in [9.17, 15) is 13.2 Å². The van der Waals surface area contributed by atoms with Crippen molar-refractivity contribution >= 4 is 27.9 Å². The topological polar surface area (TPSA) is 107 Å². The molecule has 1 heterocycles. The largest absolute Gasteiger partial charge is 0.496 e. The van der Waals surface area contributed by atoms with Crippen LogP contribution in [0.2, 0.25) is 0 Å². The Kier molecular flexibility index (Phi) is 8.50. The molecular formula is C28H34N2O6S. The van der Waals surface area contributed by atoms with Crippen LogP contribution in [0.5, 0.6) is 11.6 Å². The van der Waals surface area contributed by atoms with E-state index in [-0.39, 0.29) is 11.0 Å². The predicted molar refractivity (Wildman–Crippen MR) is 149 cm³/mol. The minimum absolute atomic E-state index is 0.254. The summed E-state index contributed by atoms with van der Waals surface area (Å²) in [7, 11) is 1.31. The summed E-state index contributed by atoms with van der Waals surface area (Å²) in [6.07, 6.45) is 4.95. The molecule has 0 aliphatic carbocycles. The number of sulfonamides is 1. The lowest BCUT2D eigenvalue weighted by Gasteiger charge is -2.24. The molecule has 0 amide bonds. The van der Waals surface area contributed by atoms with Crippen LogP contribution in [-0.4, -0.2) is 41.0 Å². The number of pyridine rings is 1. The molecule has 3 aromatic rings. The Balaban J connectivity index is 2.16. The third kappa shape index (κ3) is 7.02. The maximum atomic E-state index is 12.8. The van der Waals surface area contributed by atoms with Gasteiger partial charge in [-0.3, -0.25) is 14.5 Å². The van der Waals surface area contributed by atoms with Crippen LogP contribution in [0, 0.1) is 0 Å². The molecule has 0 bridgehead atoms. The Hall–Kier alpha value is -3.56. The number of rotatable bonds is 9. The highest BCUT2D eigenvalue weighted by Gasteiger charge is 2.23. The Morgan fingerprint density at radius 2 is 1.65 bits per heavy atom. The van der Waals surface area contributed by atoms with Crippen molar-refractivity contribution in [2.45, 2.75) is 32.8 Å². The fraction of sp³-hybridized carbons (Fsp3) is 0.321. The molecule has 0 atom stereocenters. The molecule has 3 rings (SSSR count). The highest BCUT2D eigenvalue weighted by molar-refractivity contribution is 7.92. The molecule has 1 aromatic heterocycles. The summed E-state index contributed by atoms with van der Waals surface area (Å²) in [6, 6.07) is 12.6. The number of methoxy groups -OCH3 is 3. The van der Waals surface area contributed by atoms with E-state index in [1.54, 1.807) is 38.5 Å². The van der Waals surface area contributed by atoms with Crippen LogP contribution in [0.15, 0.2) is 47.3 Å². The molecule has 2 aromatic carbocycles. The van der Waals surface area contributed by atoms with E-state index < -0.39 is 10.0 Å². The van der Waals surface area contributed by atoms with Crippen LogP contribution >= 0.6 is 0 Å². The number of hydrogen-bond donors (Lipinski definition) is 2. The lowest BCUT2D eigenvalue weighted by atomic mass is 9.83. The van der Waals surface area contributed by atoms with E-state index in [1.165, 1.54) is 7.11 Å². The summed E-state index contributed by atoms with van der Waals surface area (Å²) >= 11 is 0. The molecule has 8 nitrogen and oxygen atoms in total. The standard InChI is InChI=1S/C28H34N2O6S/c1-28(2,3)24-16-20(23-12-13-25(35-5)29-27(23)31)14-19(26(24)36-6)9-8-18-10-11-22(30-37(7,32)33)15-21(18)17-34-4/h8-16,30H,17H2,1-7H3,(H,29,31). The van der Waals surface area contributed by atoms with Crippen LogP contribution < -0.4 is 19.8 Å². The molecule has 9 heteroatoms. The summed E-state index contributed by atoms with van der Waals surface area (Å²) in [4.78, 5) is 15.5. The number of nitrogens with one attached hydrogen (secondary N) is 2. The smallest absolute Gasteiger partial charge is 0.258 e. The van der Waals surface area contributed by atoms with Crippen molar-refractivity contribution in [1.82, 2.24) is 4.98 Å².